The largest absolute Gasteiger partial charge is 0.508 e. The number of aromatic nitrogens is 4. The molecule has 0 spiro atoms. The van der Waals surface area contributed by atoms with Gasteiger partial charge in [0.1, 0.15) is 11.6 Å². The maximum Gasteiger partial charge on any atom is 0.437 e. The van der Waals surface area contributed by atoms with Crippen LogP contribution in [0.15, 0.2) is 64.1 Å². The average Bonchev–Trinajstić information content (AvgIpc) is 3.29. The van der Waals surface area contributed by atoms with Gasteiger partial charge in [-0.05, 0) is 42.5 Å². The Kier molecular flexibility index (Phi) is 4.69. The van der Waals surface area contributed by atoms with Crippen molar-refractivity contribution in [2.24, 2.45) is 7.05 Å². The van der Waals surface area contributed by atoms with Crippen LogP contribution < -0.4 is 5.76 Å². The third kappa shape index (κ3) is 3.71. The summed E-state index contributed by atoms with van der Waals surface area (Å²) >= 11 is 0. The zero-order valence-electron chi connectivity index (χ0n) is 15.6. The van der Waals surface area contributed by atoms with Gasteiger partial charge in [-0.15, -0.1) is 5.10 Å². The van der Waals surface area contributed by atoms with Crippen molar-refractivity contribution in [1.82, 2.24) is 19.3 Å². The van der Waals surface area contributed by atoms with Crippen molar-refractivity contribution in [3.63, 3.8) is 0 Å². The molecule has 0 saturated heterocycles. The molecule has 0 bridgehead atoms. The molecular formula is C20H15F3N4O3. The Morgan fingerprint density at radius 1 is 1.10 bits per heavy atom. The highest BCUT2D eigenvalue weighted by molar-refractivity contribution is 5.59. The maximum atomic E-state index is 12.7. The first-order valence-corrected chi connectivity index (χ1v) is 8.77. The number of hydrogen-bond donors (Lipinski definition) is 1. The third-order valence-corrected chi connectivity index (χ3v) is 4.54. The molecule has 0 aliphatic heterocycles. The Balaban J connectivity index is 1.63. The Hall–Kier alpha value is -3.82. The van der Waals surface area contributed by atoms with E-state index in [1.165, 1.54) is 18.2 Å². The van der Waals surface area contributed by atoms with Crippen LogP contribution in [-0.2, 0) is 19.8 Å². The summed E-state index contributed by atoms with van der Waals surface area (Å²) in [6, 6.07) is 8.99. The lowest BCUT2D eigenvalue weighted by Crippen LogP contribution is -2.16. The second-order valence-corrected chi connectivity index (χ2v) is 6.61. The molecule has 4 aromatic rings. The van der Waals surface area contributed by atoms with Crippen molar-refractivity contribution < 1.29 is 22.7 Å². The van der Waals surface area contributed by atoms with Crippen LogP contribution >= 0.6 is 0 Å². The molecule has 2 heterocycles. The summed E-state index contributed by atoms with van der Waals surface area (Å²) in [6.45, 7) is -0.0902. The standard InChI is InChI=1S/C20H15F3N4O3/c1-26-9-8-24-17(26)13-4-7-16(28)14(10-13)11-27-19(29)30-18(25-27)12-2-5-15(6-3-12)20(21,22)23/h2-10,28H,11H2,1H3. The Labute approximate surface area is 167 Å². The first-order valence-electron chi connectivity index (χ1n) is 8.77. The lowest BCUT2D eigenvalue weighted by molar-refractivity contribution is -0.137. The van der Waals surface area contributed by atoms with Gasteiger partial charge >= 0.3 is 11.9 Å². The number of halogens is 3. The second-order valence-electron chi connectivity index (χ2n) is 6.61. The van der Waals surface area contributed by atoms with E-state index in [0.29, 0.717) is 11.4 Å². The lowest BCUT2D eigenvalue weighted by atomic mass is 10.1. The predicted octanol–water partition coefficient (Wildman–Crippen LogP) is 3.68. The van der Waals surface area contributed by atoms with Crippen LogP contribution in [0.5, 0.6) is 5.75 Å². The van der Waals surface area contributed by atoms with Gasteiger partial charge in [0.2, 0.25) is 5.89 Å². The Morgan fingerprint density at radius 3 is 2.43 bits per heavy atom. The molecule has 2 aromatic carbocycles. The minimum Gasteiger partial charge on any atom is -0.508 e. The fourth-order valence-corrected chi connectivity index (χ4v) is 2.98. The smallest absolute Gasteiger partial charge is 0.437 e. The van der Waals surface area contributed by atoms with Crippen molar-refractivity contribution in [1.29, 1.82) is 0 Å². The molecule has 0 aliphatic rings. The van der Waals surface area contributed by atoms with Crippen molar-refractivity contribution in [2.75, 3.05) is 0 Å². The zero-order valence-corrected chi connectivity index (χ0v) is 15.6. The second kappa shape index (κ2) is 7.21. The lowest BCUT2D eigenvalue weighted by Gasteiger charge is -2.07. The predicted molar refractivity (Wildman–Crippen MR) is 101 cm³/mol. The number of aryl methyl sites for hydroxylation is 1. The third-order valence-electron chi connectivity index (χ3n) is 4.54. The van der Waals surface area contributed by atoms with Crippen molar-refractivity contribution >= 4 is 0 Å². The molecule has 0 amide bonds. The summed E-state index contributed by atoms with van der Waals surface area (Å²) in [5.41, 5.74) is 0.550. The minimum absolute atomic E-state index is 0.0426. The van der Waals surface area contributed by atoms with Crippen LogP contribution in [0.1, 0.15) is 11.1 Å². The van der Waals surface area contributed by atoms with Crippen molar-refractivity contribution in [3.05, 3.63) is 76.5 Å². The van der Waals surface area contributed by atoms with Gasteiger partial charge in [-0.2, -0.15) is 17.9 Å². The minimum atomic E-state index is -4.46. The molecule has 0 fully saturated rings. The fraction of sp³-hybridized carbons (Fsp3) is 0.150. The molecule has 0 saturated carbocycles. The van der Waals surface area contributed by atoms with E-state index in [0.717, 1.165) is 22.4 Å². The summed E-state index contributed by atoms with van der Waals surface area (Å²) in [7, 11) is 1.83. The Bertz CT molecular complexity index is 1250. The van der Waals surface area contributed by atoms with E-state index in [1.54, 1.807) is 29.1 Å². The van der Waals surface area contributed by atoms with Crippen LogP contribution in [0.2, 0.25) is 0 Å². The number of imidazole rings is 1. The monoisotopic (exact) mass is 416 g/mol. The molecular weight excluding hydrogens is 401 g/mol. The summed E-state index contributed by atoms with van der Waals surface area (Å²) in [5, 5.41) is 14.2. The summed E-state index contributed by atoms with van der Waals surface area (Å²) in [6.07, 6.45) is -1.05. The molecule has 0 aliphatic carbocycles. The van der Waals surface area contributed by atoms with Crippen LogP contribution in [-0.4, -0.2) is 24.4 Å². The van der Waals surface area contributed by atoms with Gasteiger partial charge < -0.3 is 14.1 Å². The van der Waals surface area contributed by atoms with E-state index in [2.05, 4.69) is 10.1 Å². The fourth-order valence-electron chi connectivity index (χ4n) is 2.98. The summed E-state index contributed by atoms with van der Waals surface area (Å²) in [4.78, 5) is 16.4. The van der Waals surface area contributed by atoms with E-state index in [1.807, 2.05) is 7.05 Å². The molecule has 2 aromatic heterocycles. The van der Waals surface area contributed by atoms with Crippen LogP contribution in [0, 0.1) is 0 Å². The molecule has 0 atom stereocenters. The molecule has 10 heteroatoms. The van der Waals surface area contributed by atoms with Gasteiger partial charge in [0.15, 0.2) is 0 Å². The first-order chi connectivity index (χ1) is 14.2. The number of alkyl halides is 3. The van der Waals surface area contributed by atoms with Gasteiger partial charge in [-0.1, -0.05) is 0 Å². The van der Waals surface area contributed by atoms with E-state index >= 15 is 0 Å². The molecule has 0 radical (unpaired) electrons. The van der Waals surface area contributed by atoms with E-state index in [9.17, 15) is 23.1 Å². The van der Waals surface area contributed by atoms with Gasteiger partial charge in [-0.3, -0.25) is 0 Å². The molecule has 4 rings (SSSR count). The summed E-state index contributed by atoms with van der Waals surface area (Å²) < 4.78 is 46.0. The van der Waals surface area contributed by atoms with Crippen LogP contribution in [0.25, 0.3) is 22.8 Å². The van der Waals surface area contributed by atoms with Gasteiger partial charge in [0, 0.05) is 36.1 Å². The van der Waals surface area contributed by atoms with Crippen LogP contribution in [0.4, 0.5) is 13.2 Å². The number of phenols is 1. The molecule has 7 nitrogen and oxygen atoms in total. The number of nitrogens with zero attached hydrogens (tertiary/aromatic N) is 4. The average molecular weight is 416 g/mol. The van der Waals surface area contributed by atoms with Gasteiger partial charge in [-0.25, -0.2) is 9.78 Å². The van der Waals surface area contributed by atoms with Gasteiger partial charge in [0.05, 0.1) is 12.1 Å². The molecule has 30 heavy (non-hydrogen) atoms. The van der Waals surface area contributed by atoms with E-state index < -0.39 is 17.5 Å². The number of benzene rings is 2. The number of aromatic hydroxyl groups is 1. The van der Waals surface area contributed by atoms with E-state index in [4.69, 9.17) is 4.42 Å². The topological polar surface area (TPSA) is 86.1 Å². The number of hydrogen-bond acceptors (Lipinski definition) is 5. The SMILES string of the molecule is Cn1ccnc1-c1ccc(O)c(Cn2nc(-c3ccc(C(F)(F)F)cc3)oc2=O)c1. The molecule has 154 valence electrons. The maximum absolute atomic E-state index is 12.7. The number of phenolic OH excluding ortho intramolecular Hbond substituents is 1. The highest BCUT2D eigenvalue weighted by atomic mass is 19.4. The highest BCUT2D eigenvalue weighted by Crippen LogP contribution is 2.30. The molecule has 1 N–H and O–H groups in total. The quantitative estimate of drug-likeness (QED) is 0.549. The Morgan fingerprint density at radius 2 is 1.80 bits per heavy atom. The summed E-state index contributed by atoms with van der Waals surface area (Å²) in [5.74, 6) is -0.284. The first kappa shape index (κ1) is 19.5. The number of rotatable bonds is 4. The van der Waals surface area contributed by atoms with Crippen LogP contribution in [0.3, 0.4) is 0 Å². The van der Waals surface area contributed by atoms with Crippen molar-refractivity contribution in [3.8, 4) is 28.6 Å². The highest BCUT2D eigenvalue weighted by Gasteiger charge is 2.30. The zero-order chi connectivity index (χ0) is 21.5. The van der Waals surface area contributed by atoms with Gasteiger partial charge in [0.25, 0.3) is 0 Å². The van der Waals surface area contributed by atoms with E-state index in [-0.39, 0.29) is 23.7 Å². The molecule has 0 unspecified atom stereocenters. The van der Waals surface area contributed by atoms with Crippen molar-refractivity contribution in [2.45, 2.75) is 12.7 Å². The normalized spacial score (nSPS) is 11.7.